The summed E-state index contributed by atoms with van der Waals surface area (Å²) in [7, 11) is 0. The zero-order valence-electron chi connectivity index (χ0n) is 14.3. The van der Waals surface area contributed by atoms with Crippen LogP contribution in [0.5, 0.6) is 0 Å². The molecule has 0 fully saturated rings. The number of carbonyl (C=O) groups is 2. The van der Waals surface area contributed by atoms with Gasteiger partial charge >= 0.3 is 5.97 Å². The van der Waals surface area contributed by atoms with E-state index >= 15 is 0 Å². The molecule has 0 spiro atoms. The number of allylic oxidation sites excluding steroid dienone is 1. The predicted molar refractivity (Wildman–Crippen MR) is 90.6 cm³/mol. The van der Waals surface area contributed by atoms with Crippen molar-refractivity contribution in [2.24, 2.45) is 0 Å². The molecule has 0 rings (SSSR count). The normalized spacial score (nSPS) is 11.5. The Labute approximate surface area is 135 Å². The second kappa shape index (κ2) is 14.6. The first-order valence-corrected chi connectivity index (χ1v) is 8.85. The van der Waals surface area contributed by atoms with Gasteiger partial charge in [-0.3, -0.25) is 4.79 Å². The minimum absolute atomic E-state index is 0.0165. The van der Waals surface area contributed by atoms with Gasteiger partial charge in [-0.05, 0) is 12.8 Å². The van der Waals surface area contributed by atoms with Crippen LogP contribution in [0.4, 0.5) is 0 Å². The third-order valence-electron chi connectivity index (χ3n) is 3.65. The second-order valence-corrected chi connectivity index (χ2v) is 5.84. The van der Waals surface area contributed by atoms with E-state index in [0.717, 1.165) is 25.7 Å². The summed E-state index contributed by atoms with van der Waals surface area (Å²) >= 11 is 0. The molecule has 4 nitrogen and oxygen atoms in total. The second-order valence-electron chi connectivity index (χ2n) is 5.84. The van der Waals surface area contributed by atoms with E-state index in [4.69, 9.17) is 5.11 Å². The van der Waals surface area contributed by atoms with Gasteiger partial charge in [-0.2, -0.15) is 0 Å². The molecule has 22 heavy (non-hydrogen) atoms. The maximum absolute atomic E-state index is 11.7. The molecule has 0 aromatic rings. The number of amides is 1. The molecule has 0 aromatic carbocycles. The molecular weight excluding hydrogens is 278 g/mol. The molecule has 0 saturated heterocycles. The number of rotatable bonds is 14. The van der Waals surface area contributed by atoms with Crippen molar-refractivity contribution in [2.45, 2.75) is 90.9 Å². The molecule has 0 atom stereocenters. The molecule has 0 unspecified atom stereocenters. The Morgan fingerprint density at radius 3 is 1.91 bits per heavy atom. The highest BCUT2D eigenvalue weighted by molar-refractivity contribution is 5.92. The SMILES string of the molecule is CCCC=C(NC(=O)CCCCCCCCCCC)C(=O)O. The zero-order valence-corrected chi connectivity index (χ0v) is 14.3. The molecule has 0 aliphatic heterocycles. The van der Waals surface area contributed by atoms with Gasteiger partial charge < -0.3 is 10.4 Å². The summed E-state index contributed by atoms with van der Waals surface area (Å²) in [5.74, 6) is -1.25. The number of carboxylic acid groups (broad SMARTS) is 1. The van der Waals surface area contributed by atoms with E-state index in [1.165, 1.54) is 38.5 Å². The van der Waals surface area contributed by atoms with Crippen LogP contribution in [0.15, 0.2) is 11.8 Å². The lowest BCUT2D eigenvalue weighted by atomic mass is 10.1. The van der Waals surface area contributed by atoms with Gasteiger partial charge in [-0.1, -0.05) is 77.7 Å². The van der Waals surface area contributed by atoms with Gasteiger partial charge in [0.05, 0.1) is 0 Å². The molecule has 0 aliphatic carbocycles. The van der Waals surface area contributed by atoms with Crippen LogP contribution in [0.1, 0.15) is 90.9 Å². The van der Waals surface area contributed by atoms with Gasteiger partial charge in [0.1, 0.15) is 5.70 Å². The molecule has 0 saturated carbocycles. The van der Waals surface area contributed by atoms with E-state index in [1.807, 2.05) is 6.92 Å². The fourth-order valence-corrected chi connectivity index (χ4v) is 2.29. The Balaban J connectivity index is 3.66. The summed E-state index contributed by atoms with van der Waals surface area (Å²) in [5.41, 5.74) is 0.0165. The van der Waals surface area contributed by atoms with Gasteiger partial charge in [0.15, 0.2) is 0 Å². The number of unbranched alkanes of at least 4 members (excludes halogenated alkanes) is 9. The van der Waals surface area contributed by atoms with Gasteiger partial charge in [0.25, 0.3) is 0 Å². The van der Waals surface area contributed by atoms with Crippen LogP contribution in [0.3, 0.4) is 0 Å². The van der Waals surface area contributed by atoms with Crippen LogP contribution in [0.25, 0.3) is 0 Å². The van der Waals surface area contributed by atoms with Crippen LogP contribution in [-0.2, 0) is 9.59 Å². The molecule has 0 bridgehead atoms. The highest BCUT2D eigenvalue weighted by atomic mass is 16.4. The van der Waals surface area contributed by atoms with Crippen molar-refractivity contribution < 1.29 is 14.7 Å². The maximum atomic E-state index is 11.7. The average molecular weight is 311 g/mol. The first kappa shape index (κ1) is 20.7. The lowest BCUT2D eigenvalue weighted by Crippen LogP contribution is -2.27. The Morgan fingerprint density at radius 2 is 1.41 bits per heavy atom. The number of hydrogen-bond donors (Lipinski definition) is 2. The van der Waals surface area contributed by atoms with Crippen LogP contribution >= 0.6 is 0 Å². The number of nitrogens with one attached hydrogen (secondary N) is 1. The minimum atomic E-state index is -1.06. The van der Waals surface area contributed by atoms with Crippen LogP contribution in [0, 0.1) is 0 Å². The molecule has 2 N–H and O–H groups in total. The summed E-state index contributed by atoms with van der Waals surface area (Å²) in [6.45, 7) is 4.19. The molecule has 128 valence electrons. The van der Waals surface area contributed by atoms with Crippen molar-refractivity contribution in [1.29, 1.82) is 0 Å². The predicted octanol–water partition coefficient (Wildman–Crippen LogP) is 4.79. The summed E-state index contributed by atoms with van der Waals surface area (Å²) in [6, 6.07) is 0. The lowest BCUT2D eigenvalue weighted by molar-refractivity contribution is -0.134. The molecular formula is C18H33NO3. The van der Waals surface area contributed by atoms with Gasteiger partial charge in [-0.15, -0.1) is 0 Å². The molecule has 0 aromatic heterocycles. The molecule has 0 radical (unpaired) electrons. The first-order chi connectivity index (χ1) is 10.6. The third-order valence-corrected chi connectivity index (χ3v) is 3.65. The fourth-order valence-electron chi connectivity index (χ4n) is 2.29. The van der Waals surface area contributed by atoms with E-state index in [1.54, 1.807) is 6.08 Å². The van der Waals surface area contributed by atoms with E-state index < -0.39 is 5.97 Å². The number of carbonyl (C=O) groups excluding carboxylic acids is 1. The Hall–Kier alpha value is -1.32. The average Bonchev–Trinajstić information content (AvgIpc) is 2.49. The molecule has 0 aliphatic rings. The van der Waals surface area contributed by atoms with Crippen molar-refractivity contribution in [3.05, 3.63) is 11.8 Å². The van der Waals surface area contributed by atoms with Crippen LogP contribution in [-0.4, -0.2) is 17.0 Å². The van der Waals surface area contributed by atoms with Crippen molar-refractivity contribution >= 4 is 11.9 Å². The number of hydrogen-bond acceptors (Lipinski definition) is 2. The number of carboxylic acids is 1. The van der Waals surface area contributed by atoms with Crippen molar-refractivity contribution in [3.8, 4) is 0 Å². The zero-order chi connectivity index (χ0) is 16.6. The molecule has 4 heteroatoms. The largest absolute Gasteiger partial charge is 0.477 e. The Morgan fingerprint density at radius 1 is 0.864 bits per heavy atom. The quantitative estimate of drug-likeness (QED) is 0.358. The van der Waals surface area contributed by atoms with E-state index in [2.05, 4.69) is 12.2 Å². The van der Waals surface area contributed by atoms with Gasteiger partial charge in [0, 0.05) is 6.42 Å². The highest BCUT2D eigenvalue weighted by Crippen LogP contribution is 2.10. The summed E-state index contributed by atoms with van der Waals surface area (Å²) < 4.78 is 0. The number of aliphatic carboxylic acids is 1. The monoisotopic (exact) mass is 311 g/mol. The van der Waals surface area contributed by atoms with Crippen molar-refractivity contribution in [3.63, 3.8) is 0 Å². The molecule has 1 amide bonds. The van der Waals surface area contributed by atoms with Crippen LogP contribution in [0.2, 0.25) is 0 Å². The smallest absolute Gasteiger partial charge is 0.352 e. The highest BCUT2D eigenvalue weighted by Gasteiger charge is 2.10. The molecule has 0 heterocycles. The Kier molecular flexibility index (Phi) is 13.7. The standard InChI is InChI=1S/C18H33NO3/c1-3-5-7-8-9-10-11-12-13-15-17(20)19-16(18(21)22)14-6-4-2/h14H,3-13,15H2,1-2H3,(H,19,20)(H,21,22). The van der Waals surface area contributed by atoms with Gasteiger partial charge in [0.2, 0.25) is 5.91 Å². The van der Waals surface area contributed by atoms with Crippen LogP contribution < -0.4 is 5.32 Å². The first-order valence-electron chi connectivity index (χ1n) is 8.85. The Bertz CT molecular complexity index is 337. The van der Waals surface area contributed by atoms with E-state index in [9.17, 15) is 9.59 Å². The van der Waals surface area contributed by atoms with E-state index in [-0.39, 0.29) is 11.6 Å². The fraction of sp³-hybridized carbons (Fsp3) is 0.778. The summed E-state index contributed by atoms with van der Waals surface area (Å²) in [6.07, 6.45) is 14.4. The minimum Gasteiger partial charge on any atom is -0.477 e. The van der Waals surface area contributed by atoms with Gasteiger partial charge in [-0.25, -0.2) is 4.79 Å². The third kappa shape index (κ3) is 12.4. The summed E-state index contributed by atoms with van der Waals surface area (Å²) in [4.78, 5) is 22.7. The maximum Gasteiger partial charge on any atom is 0.352 e. The van der Waals surface area contributed by atoms with Crippen molar-refractivity contribution in [2.75, 3.05) is 0 Å². The topological polar surface area (TPSA) is 66.4 Å². The lowest BCUT2D eigenvalue weighted by Gasteiger charge is -2.06. The summed E-state index contributed by atoms with van der Waals surface area (Å²) in [5, 5.41) is 11.5. The van der Waals surface area contributed by atoms with E-state index in [0.29, 0.717) is 12.8 Å². The van der Waals surface area contributed by atoms with Crippen molar-refractivity contribution in [1.82, 2.24) is 5.32 Å².